The molecule has 1 saturated heterocycles. The topological polar surface area (TPSA) is 69.5 Å². The zero-order chi connectivity index (χ0) is 24.8. The summed E-state index contributed by atoms with van der Waals surface area (Å²) in [5, 5.41) is 0.850. The normalized spacial score (nSPS) is 16.2. The highest BCUT2D eigenvalue weighted by molar-refractivity contribution is 7.16. The second kappa shape index (κ2) is 9.02. The second-order valence-corrected chi connectivity index (χ2v) is 11.8. The van der Waals surface area contributed by atoms with Crippen LogP contribution in [0.4, 0.5) is 18.0 Å². The third-order valence-electron chi connectivity index (χ3n) is 5.11. The van der Waals surface area contributed by atoms with Gasteiger partial charge in [-0.05, 0) is 33.6 Å². The van der Waals surface area contributed by atoms with E-state index in [-0.39, 0.29) is 23.5 Å². The molecule has 0 atom stereocenters. The molecule has 2 aromatic heterocycles. The quantitative estimate of drug-likeness (QED) is 0.494. The number of nitrogens with zero attached hydrogens (tertiary/aromatic N) is 3. The number of hydrogen-bond acceptors (Lipinski definition) is 5. The van der Waals surface area contributed by atoms with E-state index in [1.165, 1.54) is 11.3 Å². The zero-order valence-electron chi connectivity index (χ0n) is 19.6. The summed E-state index contributed by atoms with van der Waals surface area (Å²) in [5.74, 6) is 0.196. The number of piperidine rings is 1. The van der Waals surface area contributed by atoms with Crippen LogP contribution in [0.3, 0.4) is 0 Å². The molecule has 0 saturated carbocycles. The smallest absolute Gasteiger partial charge is 0.433 e. The fraction of sp³-hybridized carbons (Fsp3) is 0.636. The van der Waals surface area contributed by atoms with Gasteiger partial charge in [0.15, 0.2) is 4.34 Å². The van der Waals surface area contributed by atoms with Crippen molar-refractivity contribution >= 4 is 29.0 Å². The summed E-state index contributed by atoms with van der Waals surface area (Å²) in [7, 11) is 0. The Balaban J connectivity index is 1.84. The van der Waals surface area contributed by atoms with Gasteiger partial charge in [0.05, 0.1) is 5.92 Å². The Hall–Kier alpha value is -1.94. The molecular formula is C22H29ClF3N4O2S+. The summed E-state index contributed by atoms with van der Waals surface area (Å²) in [6, 6.07) is 0.925. The number of amides is 1. The van der Waals surface area contributed by atoms with E-state index in [0.717, 1.165) is 11.1 Å². The van der Waals surface area contributed by atoms with Gasteiger partial charge in [0, 0.05) is 24.6 Å². The summed E-state index contributed by atoms with van der Waals surface area (Å²) >= 11 is 7.74. The number of thiazole rings is 1. The van der Waals surface area contributed by atoms with Crippen molar-refractivity contribution in [2.24, 2.45) is 0 Å². The third kappa shape index (κ3) is 6.35. The fourth-order valence-corrected chi connectivity index (χ4v) is 4.80. The van der Waals surface area contributed by atoms with Crippen LogP contribution in [0.2, 0.25) is 4.34 Å². The summed E-state index contributed by atoms with van der Waals surface area (Å²) < 4.78 is 46.2. The Morgan fingerprint density at radius 2 is 1.76 bits per heavy atom. The van der Waals surface area contributed by atoms with E-state index in [9.17, 15) is 18.0 Å². The summed E-state index contributed by atoms with van der Waals surface area (Å²) in [5.41, 5.74) is -1.77. The Morgan fingerprint density at radius 1 is 1.15 bits per heavy atom. The van der Waals surface area contributed by atoms with Crippen LogP contribution < -0.4 is 4.98 Å². The lowest BCUT2D eigenvalue weighted by Crippen LogP contribution is -2.41. The number of nitrogens with one attached hydrogen (secondary N) is 1. The minimum Gasteiger partial charge on any atom is -0.444 e. The van der Waals surface area contributed by atoms with Crippen molar-refractivity contribution in [3.05, 3.63) is 26.9 Å². The van der Waals surface area contributed by atoms with Crippen LogP contribution >= 0.6 is 22.9 Å². The van der Waals surface area contributed by atoms with Crippen molar-refractivity contribution in [1.29, 1.82) is 0 Å². The average Bonchev–Trinajstić information content (AvgIpc) is 3.07. The van der Waals surface area contributed by atoms with Gasteiger partial charge in [-0.2, -0.15) is 18.2 Å². The van der Waals surface area contributed by atoms with Gasteiger partial charge in [0.2, 0.25) is 5.01 Å². The zero-order valence-corrected chi connectivity index (χ0v) is 21.1. The van der Waals surface area contributed by atoms with E-state index < -0.39 is 22.9 Å². The number of aromatic amines is 1. The number of carbonyl (C=O) groups excluding carboxylic acids is 1. The van der Waals surface area contributed by atoms with Gasteiger partial charge in [-0.3, -0.25) is 0 Å². The van der Waals surface area contributed by atoms with E-state index in [0.29, 0.717) is 36.0 Å². The lowest BCUT2D eigenvalue weighted by Gasteiger charge is -2.31. The maximum atomic E-state index is 13.5. The standard InChI is InChI=1S/C22H28ClF3N4O2S/c1-20(2,3)18-27-13(11-14(28-18)22(24,25)26)15-16(23)33-17(29-15)12-7-9-30(10-8-12)19(31)32-21(4,5)6/h11-12H,7-10H2,1-6H3/p+1. The minimum absolute atomic E-state index is 0.0928. The largest absolute Gasteiger partial charge is 0.444 e. The van der Waals surface area contributed by atoms with E-state index >= 15 is 0 Å². The molecule has 182 valence electrons. The number of carbonyl (C=O) groups is 1. The predicted octanol–water partition coefficient (Wildman–Crippen LogP) is 6.10. The van der Waals surface area contributed by atoms with Gasteiger partial charge in [-0.1, -0.05) is 43.7 Å². The van der Waals surface area contributed by atoms with Crippen molar-refractivity contribution < 1.29 is 27.7 Å². The van der Waals surface area contributed by atoms with Gasteiger partial charge >= 0.3 is 12.3 Å². The molecule has 3 rings (SSSR count). The number of rotatable bonds is 2. The highest BCUT2D eigenvalue weighted by atomic mass is 35.5. The van der Waals surface area contributed by atoms with Crippen LogP contribution in [0.5, 0.6) is 0 Å². The summed E-state index contributed by atoms with van der Waals surface area (Å²) in [6.45, 7) is 11.8. The van der Waals surface area contributed by atoms with E-state index in [1.807, 2.05) is 20.8 Å². The van der Waals surface area contributed by atoms with Crippen LogP contribution in [0.15, 0.2) is 6.07 Å². The van der Waals surface area contributed by atoms with Crippen molar-refractivity contribution in [1.82, 2.24) is 14.9 Å². The molecule has 2 aromatic rings. The molecule has 0 aromatic carbocycles. The number of likely N-dealkylation sites (tertiary alicyclic amines) is 1. The average molecular weight is 506 g/mol. The van der Waals surface area contributed by atoms with E-state index in [4.69, 9.17) is 16.3 Å². The number of ether oxygens (including phenoxy) is 1. The lowest BCUT2D eigenvalue weighted by molar-refractivity contribution is -0.373. The second-order valence-electron chi connectivity index (χ2n) is 10.2. The van der Waals surface area contributed by atoms with Crippen molar-refractivity contribution in [3.8, 4) is 11.4 Å². The molecular weight excluding hydrogens is 477 g/mol. The molecule has 0 radical (unpaired) electrons. The minimum atomic E-state index is -4.60. The first-order valence-electron chi connectivity index (χ1n) is 10.7. The summed E-state index contributed by atoms with van der Waals surface area (Å²) in [4.78, 5) is 25.3. The molecule has 1 aliphatic heterocycles. The predicted molar refractivity (Wildman–Crippen MR) is 120 cm³/mol. The maximum Gasteiger partial charge on any atom is 0.433 e. The summed E-state index contributed by atoms with van der Waals surface area (Å²) in [6.07, 6.45) is -3.56. The molecule has 3 heterocycles. The molecule has 1 amide bonds. The Morgan fingerprint density at radius 3 is 2.27 bits per heavy atom. The molecule has 33 heavy (non-hydrogen) atoms. The first-order chi connectivity index (χ1) is 15.0. The Kier molecular flexibility index (Phi) is 7.02. The number of alkyl halides is 3. The van der Waals surface area contributed by atoms with Gasteiger partial charge in [0.1, 0.15) is 22.8 Å². The van der Waals surface area contributed by atoms with Gasteiger partial charge in [-0.25, -0.2) is 14.8 Å². The molecule has 0 bridgehead atoms. The number of H-pyrrole nitrogens is 1. The van der Waals surface area contributed by atoms with E-state index in [2.05, 4.69) is 15.0 Å². The molecule has 11 heteroatoms. The SMILES string of the molecule is CC(C)(C)OC(=O)N1CCC(c2[nH+]c(-c3cc(C(F)(F)F)nc(C(C)(C)C)n3)c(Cl)s2)CC1. The third-order valence-corrected chi connectivity index (χ3v) is 6.56. The molecule has 1 N–H and O–H groups in total. The molecule has 0 aliphatic carbocycles. The van der Waals surface area contributed by atoms with Crippen LogP contribution in [-0.4, -0.2) is 39.7 Å². The van der Waals surface area contributed by atoms with Crippen molar-refractivity contribution in [2.45, 2.75) is 77.5 Å². The first-order valence-corrected chi connectivity index (χ1v) is 11.9. The molecule has 1 aliphatic rings. The van der Waals surface area contributed by atoms with Gasteiger partial charge < -0.3 is 9.64 Å². The van der Waals surface area contributed by atoms with Crippen LogP contribution in [-0.2, 0) is 16.3 Å². The number of halogens is 4. The highest BCUT2D eigenvalue weighted by Crippen LogP contribution is 2.38. The molecule has 0 spiro atoms. The number of hydrogen-bond donors (Lipinski definition) is 0. The van der Waals surface area contributed by atoms with Crippen molar-refractivity contribution in [2.75, 3.05) is 13.1 Å². The Labute approximate surface area is 200 Å². The highest BCUT2D eigenvalue weighted by Gasteiger charge is 2.37. The van der Waals surface area contributed by atoms with Crippen LogP contribution in [0, 0.1) is 0 Å². The van der Waals surface area contributed by atoms with Crippen LogP contribution in [0.25, 0.3) is 11.4 Å². The van der Waals surface area contributed by atoms with Crippen molar-refractivity contribution in [3.63, 3.8) is 0 Å². The molecule has 1 fully saturated rings. The lowest BCUT2D eigenvalue weighted by atomic mass is 9.95. The monoisotopic (exact) mass is 505 g/mol. The van der Waals surface area contributed by atoms with Gasteiger partial charge in [0.25, 0.3) is 5.69 Å². The van der Waals surface area contributed by atoms with Crippen LogP contribution in [0.1, 0.15) is 76.8 Å². The molecule has 0 unspecified atom stereocenters. The molecule has 6 nitrogen and oxygen atoms in total. The van der Waals surface area contributed by atoms with Gasteiger partial charge in [-0.15, -0.1) is 0 Å². The number of aromatic nitrogens is 3. The van der Waals surface area contributed by atoms with E-state index in [1.54, 1.807) is 25.7 Å². The Bertz CT molecular complexity index is 988. The fourth-order valence-electron chi connectivity index (χ4n) is 3.40. The first kappa shape index (κ1) is 25.7. The maximum absolute atomic E-state index is 13.5.